The number of amides is 1. The molecular formula is C33H50N4O5S. The first-order chi connectivity index (χ1) is 20.6. The second-order valence-electron chi connectivity index (χ2n) is 12.1. The molecule has 2 fully saturated rings. The molecule has 2 aliphatic heterocycles. The summed E-state index contributed by atoms with van der Waals surface area (Å²) in [5.74, 6) is 1.18. The van der Waals surface area contributed by atoms with Crippen LogP contribution in [0, 0.1) is 19.8 Å². The molecule has 238 valence electrons. The average Bonchev–Trinajstić information content (AvgIpc) is 3.00. The first kappa shape index (κ1) is 33.4. The number of carbonyl (C=O) groups is 1. The van der Waals surface area contributed by atoms with Crippen molar-refractivity contribution in [2.75, 3.05) is 80.2 Å². The van der Waals surface area contributed by atoms with Gasteiger partial charge < -0.3 is 19.3 Å². The van der Waals surface area contributed by atoms with Crippen LogP contribution in [0.15, 0.2) is 47.4 Å². The van der Waals surface area contributed by atoms with Gasteiger partial charge in [0.05, 0.1) is 18.6 Å². The summed E-state index contributed by atoms with van der Waals surface area (Å²) in [5, 5.41) is 0. The molecule has 0 bridgehead atoms. The Morgan fingerprint density at radius 2 is 1.63 bits per heavy atom. The number of sulfonamides is 1. The highest BCUT2D eigenvalue weighted by Crippen LogP contribution is 2.29. The summed E-state index contributed by atoms with van der Waals surface area (Å²) in [5.41, 5.74) is 2.66. The lowest BCUT2D eigenvalue weighted by molar-refractivity contribution is -0.138. The number of piperidine rings is 1. The number of hydrogen-bond acceptors (Lipinski definition) is 7. The number of methoxy groups -OCH3 is 1. The zero-order chi connectivity index (χ0) is 31.0. The fourth-order valence-corrected chi connectivity index (χ4v) is 8.08. The van der Waals surface area contributed by atoms with Crippen molar-refractivity contribution < 1.29 is 22.7 Å². The number of hydrogen-bond donors (Lipinski definition) is 0. The lowest BCUT2D eigenvalue weighted by Gasteiger charge is -2.44. The van der Waals surface area contributed by atoms with Gasteiger partial charge in [-0.1, -0.05) is 30.3 Å². The van der Waals surface area contributed by atoms with Gasteiger partial charge in [-0.2, -0.15) is 4.31 Å². The zero-order valence-electron chi connectivity index (χ0n) is 26.6. The Hall–Kier alpha value is -2.50. The van der Waals surface area contributed by atoms with Crippen molar-refractivity contribution in [3.8, 4) is 5.75 Å². The van der Waals surface area contributed by atoms with Crippen molar-refractivity contribution >= 4 is 15.9 Å². The summed E-state index contributed by atoms with van der Waals surface area (Å²) in [6, 6.07) is 14.7. The molecule has 0 aliphatic carbocycles. The van der Waals surface area contributed by atoms with E-state index in [1.165, 1.54) is 9.87 Å². The first-order valence-electron chi connectivity index (χ1n) is 15.5. The van der Waals surface area contributed by atoms with Gasteiger partial charge in [0.15, 0.2) is 0 Å². The summed E-state index contributed by atoms with van der Waals surface area (Å²) in [6.45, 7) is 9.72. The number of rotatable bonds is 13. The van der Waals surface area contributed by atoms with E-state index in [9.17, 15) is 13.2 Å². The quantitative estimate of drug-likeness (QED) is 0.320. The second kappa shape index (κ2) is 15.5. The number of nitrogens with zero attached hydrogens (tertiary/aromatic N) is 4. The summed E-state index contributed by atoms with van der Waals surface area (Å²) < 4.78 is 38.7. The van der Waals surface area contributed by atoms with Crippen LogP contribution in [0.5, 0.6) is 5.75 Å². The van der Waals surface area contributed by atoms with Crippen LogP contribution >= 0.6 is 0 Å². The van der Waals surface area contributed by atoms with Crippen molar-refractivity contribution in [3.63, 3.8) is 0 Å². The summed E-state index contributed by atoms with van der Waals surface area (Å²) in [6.07, 6.45) is 4.21. The predicted octanol–water partition coefficient (Wildman–Crippen LogP) is 3.44. The van der Waals surface area contributed by atoms with E-state index < -0.39 is 10.0 Å². The van der Waals surface area contributed by atoms with Gasteiger partial charge in [0.25, 0.3) is 0 Å². The molecule has 1 atom stereocenters. The molecule has 2 saturated heterocycles. The van der Waals surface area contributed by atoms with Gasteiger partial charge in [0.1, 0.15) is 12.4 Å². The third kappa shape index (κ3) is 8.79. The van der Waals surface area contributed by atoms with Gasteiger partial charge in [0.2, 0.25) is 15.9 Å². The zero-order valence-corrected chi connectivity index (χ0v) is 27.4. The van der Waals surface area contributed by atoms with E-state index in [2.05, 4.69) is 47.2 Å². The van der Waals surface area contributed by atoms with Crippen molar-refractivity contribution in [2.45, 2.75) is 50.5 Å². The molecule has 43 heavy (non-hydrogen) atoms. The SMILES string of the molecule is COc1cc(C)c(S(=O)(=O)N(C)CCOCC(=O)N2CCC(C(CCc3ccccc3)N3CCN(C)CC3)CC2)c(C)c1. The van der Waals surface area contributed by atoms with Gasteiger partial charge in [-0.25, -0.2) is 8.42 Å². The Kier molecular flexibility index (Phi) is 12.0. The number of ether oxygens (including phenoxy) is 2. The molecule has 2 aliphatic rings. The van der Waals surface area contributed by atoms with Gasteiger partial charge in [-0.15, -0.1) is 0 Å². The molecule has 0 spiro atoms. The topological polar surface area (TPSA) is 82.6 Å². The maximum absolute atomic E-state index is 13.2. The van der Waals surface area contributed by atoms with Crippen LogP contribution in [0.4, 0.5) is 0 Å². The van der Waals surface area contributed by atoms with Crippen LogP contribution in [0.1, 0.15) is 36.0 Å². The molecule has 10 heteroatoms. The molecule has 0 radical (unpaired) electrons. The maximum Gasteiger partial charge on any atom is 0.248 e. The molecule has 0 saturated carbocycles. The van der Waals surface area contributed by atoms with Gasteiger partial charge >= 0.3 is 0 Å². The summed E-state index contributed by atoms with van der Waals surface area (Å²) >= 11 is 0. The molecule has 4 rings (SSSR count). The molecule has 9 nitrogen and oxygen atoms in total. The van der Waals surface area contributed by atoms with Crippen LogP contribution < -0.4 is 4.74 Å². The Bertz CT molecular complexity index is 1270. The molecule has 2 aromatic rings. The fraction of sp³-hybridized carbons (Fsp3) is 0.606. The fourth-order valence-electron chi connectivity index (χ4n) is 6.52. The number of likely N-dealkylation sites (tertiary alicyclic amines) is 1. The summed E-state index contributed by atoms with van der Waals surface area (Å²) in [4.78, 5) is 20.3. The predicted molar refractivity (Wildman–Crippen MR) is 170 cm³/mol. The highest BCUT2D eigenvalue weighted by atomic mass is 32.2. The van der Waals surface area contributed by atoms with E-state index in [0.29, 0.717) is 28.8 Å². The highest BCUT2D eigenvalue weighted by molar-refractivity contribution is 7.89. The monoisotopic (exact) mass is 614 g/mol. The standard InChI is InChI=1S/C33H50N4O5S/c1-26-23-30(41-5)24-27(2)33(26)43(39,40)35(4)21-22-42-25-32(38)37-15-13-29(14-16-37)31(36-19-17-34(3)18-20-36)12-11-28-9-7-6-8-10-28/h6-10,23-24,29,31H,11-22,25H2,1-5H3. The number of piperazine rings is 1. The van der Waals surface area contributed by atoms with Gasteiger partial charge in [0, 0.05) is 58.9 Å². The lowest BCUT2D eigenvalue weighted by atomic mass is 9.84. The van der Waals surface area contributed by atoms with Crippen molar-refractivity contribution in [2.24, 2.45) is 5.92 Å². The van der Waals surface area contributed by atoms with Gasteiger partial charge in [-0.05, 0) is 81.3 Å². The first-order valence-corrected chi connectivity index (χ1v) is 17.0. The van der Waals surface area contributed by atoms with Gasteiger partial charge in [-0.3, -0.25) is 9.69 Å². The van der Waals surface area contributed by atoms with Crippen LogP contribution in [0.3, 0.4) is 0 Å². The molecule has 0 N–H and O–H groups in total. The largest absolute Gasteiger partial charge is 0.497 e. The third-order valence-corrected chi connectivity index (χ3v) is 11.3. The van der Waals surface area contributed by atoms with Crippen LogP contribution in [-0.4, -0.2) is 120 Å². The van der Waals surface area contributed by atoms with E-state index >= 15 is 0 Å². The third-order valence-electron chi connectivity index (χ3n) is 9.13. The molecule has 1 unspecified atom stereocenters. The van der Waals surface area contributed by atoms with Crippen molar-refractivity contribution in [1.82, 2.24) is 19.0 Å². The molecule has 2 heterocycles. The van der Waals surface area contributed by atoms with Crippen molar-refractivity contribution in [1.29, 1.82) is 0 Å². The average molecular weight is 615 g/mol. The Morgan fingerprint density at radius 1 is 1.00 bits per heavy atom. The minimum absolute atomic E-state index is 0.0220. The molecule has 2 aromatic carbocycles. The van der Waals surface area contributed by atoms with E-state index in [1.807, 2.05) is 4.90 Å². The van der Waals surface area contributed by atoms with Crippen LogP contribution in [0.25, 0.3) is 0 Å². The van der Waals surface area contributed by atoms with E-state index in [1.54, 1.807) is 40.1 Å². The normalized spacial score (nSPS) is 18.2. The Labute approximate surface area is 258 Å². The van der Waals surface area contributed by atoms with E-state index in [4.69, 9.17) is 9.47 Å². The number of likely N-dealkylation sites (N-methyl/N-ethyl adjacent to an activating group) is 2. The lowest BCUT2D eigenvalue weighted by Crippen LogP contribution is -2.53. The Morgan fingerprint density at radius 3 is 2.23 bits per heavy atom. The van der Waals surface area contributed by atoms with E-state index in [0.717, 1.165) is 65.0 Å². The number of aryl methyl sites for hydroxylation is 3. The number of carbonyl (C=O) groups excluding carboxylic acids is 1. The minimum atomic E-state index is -3.70. The number of benzene rings is 2. The van der Waals surface area contributed by atoms with Crippen LogP contribution in [-0.2, 0) is 26.0 Å². The highest BCUT2D eigenvalue weighted by Gasteiger charge is 2.33. The van der Waals surface area contributed by atoms with Crippen molar-refractivity contribution in [3.05, 3.63) is 59.2 Å². The Balaban J connectivity index is 1.24. The molecular weight excluding hydrogens is 564 g/mol. The second-order valence-corrected chi connectivity index (χ2v) is 14.1. The van der Waals surface area contributed by atoms with E-state index in [-0.39, 0.29) is 30.6 Å². The minimum Gasteiger partial charge on any atom is -0.497 e. The summed E-state index contributed by atoms with van der Waals surface area (Å²) in [7, 11) is 1.60. The maximum atomic E-state index is 13.2. The van der Waals surface area contributed by atoms with Crippen LogP contribution in [0.2, 0.25) is 0 Å². The molecule has 1 amide bonds. The molecule has 0 aromatic heterocycles. The smallest absolute Gasteiger partial charge is 0.248 e.